The first-order valence-corrected chi connectivity index (χ1v) is 9.21. The van der Waals surface area contributed by atoms with Gasteiger partial charge < -0.3 is 10.2 Å². The average Bonchev–Trinajstić information content (AvgIpc) is 3.47. The lowest BCUT2D eigenvalue weighted by Gasteiger charge is -2.32. The van der Waals surface area contributed by atoms with Gasteiger partial charge in [0.15, 0.2) is 11.5 Å². The number of benzene rings is 1. The second-order valence-corrected chi connectivity index (χ2v) is 7.14. The average molecular weight is 336 g/mol. The van der Waals surface area contributed by atoms with Gasteiger partial charge in [0, 0.05) is 19.1 Å². The van der Waals surface area contributed by atoms with E-state index in [1.165, 1.54) is 18.4 Å². The van der Waals surface area contributed by atoms with Crippen molar-refractivity contribution in [3.63, 3.8) is 0 Å². The standard InChI is InChI=1S/C20H24N4O/c25-20(21-17-6-7-17)18-8-9-19(23-22-18)24-12-10-16(11-13-24)14-15-4-2-1-3-5-15/h1-5,8-9,16-17H,6-7,10-14H2,(H,21,25). The first-order chi connectivity index (χ1) is 12.3. The number of aromatic nitrogens is 2. The van der Waals surface area contributed by atoms with Crippen LogP contribution in [0.5, 0.6) is 0 Å². The van der Waals surface area contributed by atoms with Crippen molar-refractivity contribution in [2.75, 3.05) is 18.0 Å². The van der Waals surface area contributed by atoms with Gasteiger partial charge in [-0.2, -0.15) is 0 Å². The number of anilines is 1. The predicted molar refractivity (Wildman–Crippen MR) is 97.6 cm³/mol. The van der Waals surface area contributed by atoms with E-state index in [0.717, 1.165) is 44.1 Å². The van der Waals surface area contributed by atoms with Crippen LogP contribution in [0.3, 0.4) is 0 Å². The van der Waals surface area contributed by atoms with E-state index >= 15 is 0 Å². The Bertz CT molecular complexity index is 704. The maximum absolute atomic E-state index is 12.0. The van der Waals surface area contributed by atoms with Gasteiger partial charge >= 0.3 is 0 Å². The molecule has 5 heteroatoms. The number of carbonyl (C=O) groups excluding carboxylic acids is 1. The molecule has 1 aliphatic heterocycles. The summed E-state index contributed by atoms with van der Waals surface area (Å²) in [6.45, 7) is 2.00. The van der Waals surface area contributed by atoms with Crippen molar-refractivity contribution in [3.05, 3.63) is 53.7 Å². The lowest BCUT2D eigenvalue weighted by molar-refractivity contribution is 0.0945. The molecule has 1 aromatic carbocycles. The highest BCUT2D eigenvalue weighted by atomic mass is 16.2. The summed E-state index contributed by atoms with van der Waals surface area (Å²) >= 11 is 0. The van der Waals surface area contributed by atoms with Crippen LogP contribution in [0.1, 0.15) is 41.7 Å². The number of carbonyl (C=O) groups is 1. The molecule has 0 atom stereocenters. The fraction of sp³-hybridized carbons (Fsp3) is 0.450. The van der Waals surface area contributed by atoms with E-state index in [1.807, 2.05) is 6.07 Å². The Morgan fingerprint density at radius 3 is 2.40 bits per heavy atom. The van der Waals surface area contributed by atoms with Gasteiger partial charge in [0.05, 0.1) is 0 Å². The Labute approximate surface area is 148 Å². The molecular formula is C20H24N4O. The molecule has 2 heterocycles. The third-order valence-corrected chi connectivity index (χ3v) is 5.10. The lowest BCUT2D eigenvalue weighted by Crippen LogP contribution is -2.35. The molecule has 0 spiro atoms. The minimum absolute atomic E-state index is 0.108. The molecule has 1 N–H and O–H groups in total. The number of amides is 1. The summed E-state index contributed by atoms with van der Waals surface area (Å²) in [7, 11) is 0. The second kappa shape index (κ2) is 7.21. The van der Waals surface area contributed by atoms with E-state index in [-0.39, 0.29) is 5.91 Å². The van der Waals surface area contributed by atoms with Crippen LogP contribution < -0.4 is 10.2 Å². The summed E-state index contributed by atoms with van der Waals surface area (Å²) < 4.78 is 0. The van der Waals surface area contributed by atoms with Crippen LogP contribution >= 0.6 is 0 Å². The summed E-state index contributed by atoms with van der Waals surface area (Å²) in [5, 5.41) is 11.3. The van der Waals surface area contributed by atoms with E-state index in [4.69, 9.17) is 0 Å². The molecule has 130 valence electrons. The third-order valence-electron chi connectivity index (χ3n) is 5.10. The van der Waals surface area contributed by atoms with Gasteiger partial charge in [0.1, 0.15) is 0 Å². The number of hydrogen-bond donors (Lipinski definition) is 1. The molecule has 1 aliphatic carbocycles. The highest BCUT2D eigenvalue weighted by Gasteiger charge is 2.25. The Hall–Kier alpha value is -2.43. The van der Waals surface area contributed by atoms with Crippen LogP contribution in [-0.4, -0.2) is 35.2 Å². The van der Waals surface area contributed by atoms with Crippen LogP contribution in [0, 0.1) is 5.92 Å². The topological polar surface area (TPSA) is 58.1 Å². The van der Waals surface area contributed by atoms with Gasteiger partial charge in [0.25, 0.3) is 5.91 Å². The van der Waals surface area contributed by atoms with E-state index < -0.39 is 0 Å². The van der Waals surface area contributed by atoms with Gasteiger partial charge in [-0.25, -0.2) is 0 Å². The molecule has 1 amide bonds. The molecular weight excluding hydrogens is 312 g/mol. The van der Waals surface area contributed by atoms with Gasteiger partial charge in [0.2, 0.25) is 0 Å². The maximum atomic E-state index is 12.0. The highest BCUT2D eigenvalue weighted by Crippen LogP contribution is 2.24. The van der Waals surface area contributed by atoms with Crippen molar-refractivity contribution < 1.29 is 4.79 Å². The molecule has 5 nitrogen and oxygen atoms in total. The van der Waals surface area contributed by atoms with Crippen LogP contribution in [0.15, 0.2) is 42.5 Å². The molecule has 1 aromatic heterocycles. The molecule has 1 saturated carbocycles. The Kier molecular flexibility index (Phi) is 4.63. The van der Waals surface area contributed by atoms with E-state index in [2.05, 4.69) is 50.7 Å². The molecule has 4 rings (SSSR count). The summed E-state index contributed by atoms with van der Waals surface area (Å²) in [5.74, 6) is 1.50. The van der Waals surface area contributed by atoms with Crippen LogP contribution in [0.25, 0.3) is 0 Å². The van der Waals surface area contributed by atoms with Gasteiger partial charge in [-0.15, -0.1) is 10.2 Å². The molecule has 0 bridgehead atoms. The van der Waals surface area contributed by atoms with E-state index in [1.54, 1.807) is 6.07 Å². The highest BCUT2D eigenvalue weighted by molar-refractivity contribution is 5.92. The summed E-state index contributed by atoms with van der Waals surface area (Å²) in [4.78, 5) is 14.2. The molecule has 1 saturated heterocycles. The smallest absolute Gasteiger partial charge is 0.272 e. The SMILES string of the molecule is O=C(NC1CC1)c1ccc(N2CCC(Cc3ccccc3)CC2)nn1. The number of nitrogens with zero attached hydrogens (tertiary/aromatic N) is 3. The predicted octanol–water partition coefficient (Wildman–Crippen LogP) is 2.83. The molecule has 2 aliphatic rings. The van der Waals surface area contributed by atoms with Gasteiger partial charge in [-0.05, 0) is 55.7 Å². The van der Waals surface area contributed by atoms with Crippen molar-refractivity contribution in [2.24, 2.45) is 5.92 Å². The fourth-order valence-corrected chi connectivity index (χ4v) is 3.42. The van der Waals surface area contributed by atoms with Crippen molar-refractivity contribution in [1.82, 2.24) is 15.5 Å². The summed E-state index contributed by atoms with van der Waals surface area (Å²) in [5.41, 5.74) is 1.83. The summed E-state index contributed by atoms with van der Waals surface area (Å²) in [6.07, 6.45) is 5.64. The van der Waals surface area contributed by atoms with Gasteiger partial charge in [-0.1, -0.05) is 30.3 Å². The maximum Gasteiger partial charge on any atom is 0.272 e. The van der Waals surface area contributed by atoms with E-state index in [9.17, 15) is 4.79 Å². The van der Waals surface area contributed by atoms with Crippen molar-refractivity contribution in [2.45, 2.75) is 38.1 Å². The molecule has 2 aromatic rings. The largest absolute Gasteiger partial charge is 0.355 e. The minimum atomic E-state index is -0.108. The normalized spacial score (nSPS) is 18.2. The Balaban J connectivity index is 1.30. The zero-order chi connectivity index (χ0) is 17.1. The molecule has 0 radical (unpaired) electrons. The number of nitrogens with one attached hydrogen (secondary N) is 1. The Morgan fingerprint density at radius 2 is 1.76 bits per heavy atom. The lowest BCUT2D eigenvalue weighted by atomic mass is 9.90. The second-order valence-electron chi connectivity index (χ2n) is 7.14. The molecule has 2 fully saturated rings. The number of rotatable bonds is 5. The van der Waals surface area contributed by atoms with Gasteiger partial charge in [-0.3, -0.25) is 4.79 Å². The fourth-order valence-electron chi connectivity index (χ4n) is 3.42. The molecule has 25 heavy (non-hydrogen) atoms. The first kappa shape index (κ1) is 16.1. The summed E-state index contributed by atoms with van der Waals surface area (Å²) in [6, 6.07) is 14.8. The van der Waals surface area contributed by atoms with Crippen LogP contribution in [0.2, 0.25) is 0 Å². The van der Waals surface area contributed by atoms with E-state index in [0.29, 0.717) is 11.7 Å². The van der Waals surface area contributed by atoms with Crippen molar-refractivity contribution >= 4 is 11.7 Å². The quantitative estimate of drug-likeness (QED) is 0.912. The minimum Gasteiger partial charge on any atom is -0.355 e. The van der Waals surface area contributed by atoms with Crippen LogP contribution in [-0.2, 0) is 6.42 Å². The van der Waals surface area contributed by atoms with Crippen LogP contribution in [0.4, 0.5) is 5.82 Å². The third kappa shape index (κ3) is 4.16. The first-order valence-electron chi connectivity index (χ1n) is 9.21. The monoisotopic (exact) mass is 336 g/mol. The zero-order valence-corrected chi connectivity index (χ0v) is 14.4. The van der Waals surface area contributed by atoms with Crippen molar-refractivity contribution in [1.29, 1.82) is 0 Å². The number of piperidine rings is 1. The molecule has 0 unspecified atom stereocenters. The zero-order valence-electron chi connectivity index (χ0n) is 14.4. The number of hydrogen-bond acceptors (Lipinski definition) is 4. The Morgan fingerprint density at radius 1 is 1.00 bits per heavy atom. The van der Waals surface area contributed by atoms with Crippen molar-refractivity contribution in [3.8, 4) is 0 Å².